The van der Waals surface area contributed by atoms with Gasteiger partial charge >= 0.3 is 0 Å². The Labute approximate surface area is 214 Å². The van der Waals surface area contributed by atoms with E-state index in [1.54, 1.807) is 18.0 Å². The Morgan fingerprint density at radius 1 is 1.08 bits per heavy atom. The molecule has 1 aliphatic heterocycles. The molecule has 0 bridgehead atoms. The van der Waals surface area contributed by atoms with Crippen LogP contribution in [-0.4, -0.2) is 54.0 Å². The van der Waals surface area contributed by atoms with Crippen LogP contribution >= 0.6 is 0 Å². The summed E-state index contributed by atoms with van der Waals surface area (Å²) in [7, 11) is -3.75. The minimum Gasteiger partial charge on any atom is -0.491 e. The molecule has 0 radical (unpaired) electrons. The largest absolute Gasteiger partial charge is 0.491 e. The number of rotatable bonds is 5. The molecule has 0 fully saturated rings. The van der Waals surface area contributed by atoms with Crippen LogP contribution in [0.1, 0.15) is 28.4 Å². The van der Waals surface area contributed by atoms with Crippen LogP contribution in [0.25, 0.3) is 22.4 Å². The molecule has 4 aromatic rings. The summed E-state index contributed by atoms with van der Waals surface area (Å²) in [4.78, 5) is 14.7. The Bertz CT molecular complexity index is 1570. The van der Waals surface area contributed by atoms with Gasteiger partial charge in [0.1, 0.15) is 28.8 Å². The van der Waals surface area contributed by atoms with Gasteiger partial charge in [0.05, 0.1) is 12.7 Å². The van der Waals surface area contributed by atoms with Gasteiger partial charge in [-0.15, -0.1) is 0 Å². The number of sulfone groups is 1. The van der Waals surface area contributed by atoms with E-state index in [4.69, 9.17) is 4.74 Å². The van der Waals surface area contributed by atoms with E-state index in [0.717, 1.165) is 34.2 Å². The second kappa shape index (κ2) is 9.78. The van der Waals surface area contributed by atoms with E-state index >= 15 is 4.39 Å². The van der Waals surface area contributed by atoms with E-state index in [1.165, 1.54) is 12.1 Å². The maximum atomic E-state index is 15.1. The van der Waals surface area contributed by atoms with Crippen molar-refractivity contribution in [2.75, 3.05) is 19.4 Å². The predicted molar refractivity (Wildman–Crippen MR) is 136 cm³/mol. The van der Waals surface area contributed by atoms with Crippen molar-refractivity contribution in [2.45, 2.75) is 24.8 Å². The Hall–Kier alpha value is -4.05. The van der Waals surface area contributed by atoms with Crippen LogP contribution in [0, 0.1) is 5.82 Å². The Kier molecular flexibility index (Phi) is 6.51. The van der Waals surface area contributed by atoms with E-state index < -0.39 is 20.5 Å². The van der Waals surface area contributed by atoms with E-state index in [-0.39, 0.29) is 36.6 Å². The lowest BCUT2D eigenvalue weighted by Crippen LogP contribution is -2.33. The van der Waals surface area contributed by atoms with Gasteiger partial charge in [0, 0.05) is 35.1 Å². The van der Waals surface area contributed by atoms with Crippen molar-refractivity contribution >= 4 is 15.7 Å². The molecule has 3 aromatic carbocycles. The molecule has 1 N–H and O–H groups in total. The highest BCUT2D eigenvalue weighted by Gasteiger charge is 2.27. The highest BCUT2D eigenvalue weighted by atomic mass is 32.2. The average molecular weight is 521 g/mol. The van der Waals surface area contributed by atoms with Crippen LogP contribution in [0.3, 0.4) is 0 Å². The number of hydrogen-bond donors (Lipinski definition) is 1. The number of carbonyl (C=O) groups is 1. The first kappa shape index (κ1) is 24.6. The zero-order chi connectivity index (χ0) is 26.2. The molecule has 5 rings (SSSR count). The smallest absolute Gasteiger partial charge is 0.254 e. The fraction of sp³-hybridized carbons (Fsp3) is 0.222. The van der Waals surface area contributed by atoms with Crippen molar-refractivity contribution in [3.05, 3.63) is 83.3 Å². The fourth-order valence-electron chi connectivity index (χ4n) is 4.52. The van der Waals surface area contributed by atoms with Gasteiger partial charge in [0.25, 0.3) is 5.91 Å². The minimum absolute atomic E-state index is 0.0965. The van der Waals surface area contributed by atoms with Crippen molar-refractivity contribution in [1.82, 2.24) is 20.3 Å². The summed E-state index contributed by atoms with van der Waals surface area (Å²) < 4.78 is 44.9. The quantitative estimate of drug-likeness (QED) is 0.421. The lowest BCUT2D eigenvalue weighted by molar-refractivity contribution is 0.0731. The van der Waals surface area contributed by atoms with Crippen molar-refractivity contribution in [2.24, 2.45) is 0 Å². The molecule has 0 aliphatic carbocycles. The number of benzene rings is 3. The first-order valence-corrected chi connectivity index (χ1v) is 13.7. The summed E-state index contributed by atoms with van der Waals surface area (Å²) in [5, 5.41) is 10.5. The number of H-pyrrole nitrogens is 1. The molecule has 0 saturated heterocycles. The van der Waals surface area contributed by atoms with Gasteiger partial charge in [-0.25, -0.2) is 12.8 Å². The average Bonchev–Trinajstić information content (AvgIpc) is 3.34. The Balaban J connectivity index is 1.44. The molecule has 1 aliphatic rings. The number of aromatic amines is 1. The summed E-state index contributed by atoms with van der Waals surface area (Å²) >= 11 is 0. The third kappa shape index (κ3) is 4.84. The number of carbonyl (C=O) groups excluding carboxylic acids is 1. The van der Waals surface area contributed by atoms with Gasteiger partial charge in [-0.3, -0.25) is 4.79 Å². The normalized spacial score (nSPS) is 13.5. The molecule has 1 amide bonds. The second-order valence-electron chi connectivity index (χ2n) is 8.86. The first-order chi connectivity index (χ1) is 17.8. The van der Waals surface area contributed by atoms with Crippen LogP contribution in [-0.2, 0) is 22.8 Å². The molecule has 190 valence electrons. The molecule has 0 atom stereocenters. The highest BCUT2D eigenvalue weighted by molar-refractivity contribution is 7.90. The number of amides is 1. The predicted octanol–water partition coefficient (Wildman–Crippen LogP) is 4.28. The van der Waals surface area contributed by atoms with Crippen molar-refractivity contribution < 1.29 is 22.3 Å². The molecule has 2 heterocycles. The maximum Gasteiger partial charge on any atom is 0.254 e. The van der Waals surface area contributed by atoms with Crippen LogP contribution < -0.4 is 4.74 Å². The molecular weight excluding hydrogens is 495 g/mol. The molecule has 0 unspecified atom stereocenters. The number of nitrogens with one attached hydrogen (secondary N) is 1. The fourth-order valence-corrected chi connectivity index (χ4v) is 5.29. The number of nitrogens with zero attached hydrogens (tertiary/aromatic N) is 3. The maximum absolute atomic E-state index is 15.1. The number of fused-ring (bicyclic) bond motifs is 1. The van der Waals surface area contributed by atoms with E-state index in [9.17, 15) is 13.2 Å². The van der Waals surface area contributed by atoms with Crippen molar-refractivity contribution in [3.63, 3.8) is 0 Å². The number of aromatic nitrogens is 3. The molecular formula is C27H25FN4O4S. The summed E-state index contributed by atoms with van der Waals surface area (Å²) in [5.41, 5.74) is 4.73. The lowest BCUT2D eigenvalue weighted by Gasteiger charge is -2.22. The number of halogens is 1. The van der Waals surface area contributed by atoms with Crippen LogP contribution in [0.5, 0.6) is 5.75 Å². The molecule has 10 heteroatoms. The van der Waals surface area contributed by atoms with E-state index in [2.05, 4.69) is 15.4 Å². The van der Waals surface area contributed by atoms with Gasteiger partial charge in [-0.05, 0) is 41.8 Å². The van der Waals surface area contributed by atoms with E-state index in [0.29, 0.717) is 12.3 Å². The third-order valence-corrected chi connectivity index (χ3v) is 7.56. The number of hydrogen-bond acceptors (Lipinski definition) is 6. The standard InChI is InChI=1S/C27H25FN4O4S/c1-3-21-22(9-11-25(26(21)28)37(2,34)35)27(33)32-12-13-36-24-10-8-19(14-20(24)16-32)17-4-6-18(7-5-17)23-15-29-31-30-23/h4-11,14-15H,3,12-13,16H2,1-2H3,(H,29,30,31). The second-order valence-corrected chi connectivity index (χ2v) is 10.8. The molecule has 0 spiro atoms. The Morgan fingerprint density at radius 3 is 2.49 bits per heavy atom. The summed E-state index contributed by atoms with van der Waals surface area (Å²) in [6.45, 7) is 2.57. The molecule has 8 nitrogen and oxygen atoms in total. The first-order valence-electron chi connectivity index (χ1n) is 11.8. The highest BCUT2D eigenvalue weighted by Crippen LogP contribution is 2.31. The molecule has 1 aromatic heterocycles. The van der Waals surface area contributed by atoms with Gasteiger partial charge in [-0.2, -0.15) is 15.4 Å². The summed E-state index contributed by atoms with van der Waals surface area (Å²) in [6.07, 6.45) is 2.80. The monoisotopic (exact) mass is 520 g/mol. The molecule has 0 saturated carbocycles. The van der Waals surface area contributed by atoms with Crippen LogP contribution in [0.2, 0.25) is 0 Å². The van der Waals surface area contributed by atoms with Crippen LogP contribution in [0.15, 0.2) is 65.7 Å². The van der Waals surface area contributed by atoms with Gasteiger partial charge in [0.2, 0.25) is 0 Å². The van der Waals surface area contributed by atoms with Crippen molar-refractivity contribution in [3.8, 4) is 28.1 Å². The Morgan fingerprint density at radius 2 is 1.81 bits per heavy atom. The van der Waals surface area contributed by atoms with Crippen molar-refractivity contribution in [1.29, 1.82) is 0 Å². The SMILES string of the molecule is CCc1c(C(=O)N2CCOc3ccc(-c4ccc(-c5cn[nH]n5)cc4)cc3C2)ccc(S(C)(=O)=O)c1F. The summed E-state index contributed by atoms with van der Waals surface area (Å²) in [6, 6.07) is 16.3. The number of ether oxygens (including phenoxy) is 1. The van der Waals surface area contributed by atoms with E-state index in [1.807, 2.05) is 42.5 Å². The van der Waals surface area contributed by atoms with Crippen LogP contribution in [0.4, 0.5) is 4.39 Å². The zero-order valence-electron chi connectivity index (χ0n) is 20.4. The summed E-state index contributed by atoms with van der Waals surface area (Å²) in [5.74, 6) is -0.541. The minimum atomic E-state index is -3.75. The van der Waals surface area contributed by atoms with Gasteiger partial charge in [-0.1, -0.05) is 37.3 Å². The zero-order valence-corrected chi connectivity index (χ0v) is 21.2. The lowest BCUT2D eigenvalue weighted by atomic mass is 10.00. The van der Waals surface area contributed by atoms with Gasteiger partial charge < -0.3 is 9.64 Å². The topological polar surface area (TPSA) is 105 Å². The third-order valence-electron chi connectivity index (χ3n) is 6.45. The van der Waals surface area contributed by atoms with Gasteiger partial charge in [0.15, 0.2) is 9.84 Å². The molecule has 37 heavy (non-hydrogen) atoms.